The summed E-state index contributed by atoms with van der Waals surface area (Å²) in [4.78, 5) is 25.3. The van der Waals surface area contributed by atoms with E-state index in [1.54, 1.807) is 4.90 Å². The Morgan fingerprint density at radius 2 is 1.91 bits per heavy atom. The number of aliphatic hydroxyl groups excluding tert-OH is 1. The number of benzene rings is 1. The van der Waals surface area contributed by atoms with Gasteiger partial charge < -0.3 is 14.6 Å². The van der Waals surface area contributed by atoms with Crippen molar-refractivity contribution in [2.75, 3.05) is 13.7 Å². The monoisotopic (exact) mass is 321 g/mol. The second kappa shape index (κ2) is 8.53. The predicted molar refractivity (Wildman–Crippen MR) is 83.6 cm³/mol. The van der Waals surface area contributed by atoms with E-state index in [4.69, 9.17) is 4.74 Å². The fourth-order valence-electron chi connectivity index (χ4n) is 2.90. The van der Waals surface area contributed by atoms with E-state index in [1.165, 1.54) is 7.11 Å². The van der Waals surface area contributed by atoms with E-state index in [-0.39, 0.29) is 37.7 Å². The first-order valence-corrected chi connectivity index (χ1v) is 7.82. The van der Waals surface area contributed by atoms with E-state index < -0.39 is 6.09 Å². The van der Waals surface area contributed by atoms with Crippen molar-refractivity contribution < 1.29 is 24.2 Å². The number of nitrogens with zero attached hydrogens (tertiary/aromatic N) is 1. The van der Waals surface area contributed by atoms with Gasteiger partial charge >= 0.3 is 12.1 Å². The van der Waals surface area contributed by atoms with Crippen LogP contribution in [0.4, 0.5) is 4.79 Å². The molecule has 2 atom stereocenters. The standard InChI is InChI=1S/C17H23NO5/c1-22-16(20)10-9-14-7-8-15(11-19)18(14)17(21)23-12-13-5-3-2-4-6-13/h2-6,14-15,19H,7-12H2,1H3/t14-,15-/m0/s1. The highest BCUT2D eigenvalue weighted by molar-refractivity contribution is 5.70. The van der Waals surface area contributed by atoms with E-state index in [0.717, 1.165) is 12.0 Å². The van der Waals surface area contributed by atoms with Gasteiger partial charge in [-0.2, -0.15) is 0 Å². The van der Waals surface area contributed by atoms with E-state index in [9.17, 15) is 14.7 Å². The number of hydrogen-bond donors (Lipinski definition) is 1. The maximum absolute atomic E-state index is 12.4. The summed E-state index contributed by atoms with van der Waals surface area (Å²) in [5.41, 5.74) is 0.909. The predicted octanol–water partition coefficient (Wildman–Crippen LogP) is 2.10. The molecule has 1 N–H and O–H groups in total. The number of esters is 1. The highest BCUT2D eigenvalue weighted by Gasteiger charge is 2.37. The molecule has 0 radical (unpaired) electrons. The van der Waals surface area contributed by atoms with Crippen LogP contribution in [-0.2, 0) is 20.9 Å². The summed E-state index contributed by atoms with van der Waals surface area (Å²) in [5, 5.41) is 9.47. The van der Waals surface area contributed by atoms with Gasteiger partial charge in [0.05, 0.1) is 19.8 Å². The summed E-state index contributed by atoms with van der Waals surface area (Å²) in [6, 6.07) is 9.08. The highest BCUT2D eigenvalue weighted by Crippen LogP contribution is 2.28. The van der Waals surface area contributed by atoms with Gasteiger partial charge in [0.15, 0.2) is 0 Å². The molecule has 0 aliphatic carbocycles. The number of hydrogen-bond acceptors (Lipinski definition) is 5. The van der Waals surface area contributed by atoms with Crippen molar-refractivity contribution >= 4 is 12.1 Å². The molecule has 1 amide bonds. The molecule has 1 heterocycles. The maximum atomic E-state index is 12.4. The molecule has 23 heavy (non-hydrogen) atoms. The van der Waals surface area contributed by atoms with Crippen molar-refractivity contribution in [2.24, 2.45) is 0 Å². The molecule has 126 valence electrons. The van der Waals surface area contributed by atoms with E-state index in [0.29, 0.717) is 12.8 Å². The normalized spacial score (nSPS) is 20.3. The molecule has 1 aliphatic heterocycles. The van der Waals surface area contributed by atoms with Gasteiger partial charge in [0, 0.05) is 12.5 Å². The van der Waals surface area contributed by atoms with E-state index in [2.05, 4.69) is 4.74 Å². The Labute approximate surface area is 136 Å². The Balaban J connectivity index is 1.94. The lowest BCUT2D eigenvalue weighted by atomic mass is 10.1. The summed E-state index contributed by atoms with van der Waals surface area (Å²) in [7, 11) is 1.35. The molecule has 1 saturated heterocycles. The Hall–Kier alpha value is -2.08. The average Bonchev–Trinajstić information content (AvgIpc) is 3.01. The summed E-state index contributed by atoms with van der Waals surface area (Å²) in [6.45, 7) is 0.0905. The number of carbonyl (C=O) groups excluding carboxylic acids is 2. The lowest BCUT2D eigenvalue weighted by Gasteiger charge is -2.28. The SMILES string of the molecule is COC(=O)CC[C@@H]1CC[C@@H](CO)N1C(=O)OCc1ccccc1. The lowest BCUT2D eigenvalue weighted by Crippen LogP contribution is -2.43. The third-order valence-electron chi connectivity index (χ3n) is 4.16. The molecular weight excluding hydrogens is 298 g/mol. The zero-order valence-electron chi connectivity index (χ0n) is 13.3. The fourth-order valence-corrected chi connectivity index (χ4v) is 2.90. The Morgan fingerprint density at radius 1 is 1.22 bits per heavy atom. The van der Waals surface area contributed by atoms with Crippen LogP contribution in [0.15, 0.2) is 30.3 Å². The highest BCUT2D eigenvalue weighted by atomic mass is 16.6. The Morgan fingerprint density at radius 3 is 2.57 bits per heavy atom. The van der Waals surface area contributed by atoms with Crippen molar-refractivity contribution in [3.05, 3.63) is 35.9 Å². The molecule has 0 bridgehead atoms. The minimum absolute atomic E-state index is 0.102. The summed E-state index contributed by atoms with van der Waals surface area (Å²) in [6.07, 6.45) is 1.79. The first kappa shape index (κ1) is 17.3. The van der Waals surface area contributed by atoms with Crippen LogP contribution in [0.2, 0.25) is 0 Å². The number of methoxy groups -OCH3 is 1. The number of likely N-dealkylation sites (tertiary alicyclic amines) is 1. The molecule has 1 aliphatic rings. The summed E-state index contributed by atoms with van der Waals surface area (Å²) in [5.74, 6) is -0.296. The molecule has 1 aromatic rings. The molecular formula is C17H23NO5. The molecule has 0 aromatic heterocycles. The van der Waals surface area contributed by atoms with Crippen molar-refractivity contribution in [3.8, 4) is 0 Å². The van der Waals surface area contributed by atoms with Crippen LogP contribution in [0, 0.1) is 0 Å². The number of amides is 1. The fraction of sp³-hybridized carbons (Fsp3) is 0.529. The van der Waals surface area contributed by atoms with E-state index >= 15 is 0 Å². The second-order valence-electron chi connectivity index (χ2n) is 5.63. The minimum Gasteiger partial charge on any atom is -0.469 e. The van der Waals surface area contributed by atoms with Crippen LogP contribution in [0.1, 0.15) is 31.2 Å². The van der Waals surface area contributed by atoms with Crippen LogP contribution in [-0.4, -0.2) is 47.9 Å². The minimum atomic E-state index is -0.444. The van der Waals surface area contributed by atoms with Gasteiger partial charge in [-0.3, -0.25) is 9.69 Å². The largest absolute Gasteiger partial charge is 0.469 e. The molecule has 6 nitrogen and oxygen atoms in total. The third-order valence-corrected chi connectivity index (χ3v) is 4.16. The molecule has 0 unspecified atom stereocenters. The van der Waals surface area contributed by atoms with Crippen molar-refractivity contribution in [3.63, 3.8) is 0 Å². The molecule has 1 aromatic carbocycles. The molecule has 1 fully saturated rings. The summed E-state index contributed by atoms with van der Waals surface area (Å²) < 4.78 is 10.0. The van der Waals surface area contributed by atoms with Crippen molar-refractivity contribution in [1.29, 1.82) is 0 Å². The van der Waals surface area contributed by atoms with Gasteiger partial charge in [-0.25, -0.2) is 4.79 Å². The topological polar surface area (TPSA) is 76.1 Å². The number of rotatable bonds is 6. The average molecular weight is 321 g/mol. The van der Waals surface area contributed by atoms with Crippen LogP contribution in [0.5, 0.6) is 0 Å². The first-order chi connectivity index (χ1) is 11.2. The second-order valence-corrected chi connectivity index (χ2v) is 5.63. The van der Waals surface area contributed by atoms with Gasteiger partial charge in [-0.15, -0.1) is 0 Å². The zero-order chi connectivity index (χ0) is 16.7. The van der Waals surface area contributed by atoms with Crippen LogP contribution < -0.4 is 0 Å². The van der Waals surface area contributed by atoms with Gasteiger partial charge in [-0.05, 0) is 24.8 Å². The molecule has 0 spiro atoms. The van der Waals surface area contributed by atoms with Gasteiger partial charge in [0.25, 0.3) is 0 Å². The molecule has 6 heteroatoms. The third kappa shape index (κ3) is 4.69. The van der Waals surface area contributed by atoms with Crippen molar-refractivity contribution in [1.82, 2.24) is 4.90 Å². The van der Waals surface area contributed by atoms with E-state index in [1.807, 2.05) is 30.3 Å². The van der Waals surface area contributed by atoms with Gasteiger partial charge in [0.2, 0.25) is 0 Å². The van der Waals surface area contributed by atoms with Crippen molar-refractivity contribution in [2.45, 2.75) is 44.4 Å². The Kier molecular flexibility index (Phi) is 6.40. The van der Waals surface area contributed by atoms with Crippen LogP contribution >= 0.6 is 0 Å². The summed E-state index contributed by atoms with van der Waals surface area (Å²) >= 11 is 0. The molecule has 2 rings (SSSR count). The van der Waals surface area contributed by atoms with Gasteiger partial charge in [-0.1, -0.05) is 30.3 Å². The Bertz CT molecular complexity index is 519. The number of carbonyl (C=O) groups is 2. The smallest absolute Gasteiger partial charge is 0.410 e. The van der Waals surface area contributed by atoms with Gasteiger partial charge in [0.1, 0.15) is 6.61 Å². The van der Waals surface area contributed by atoms with Crippen LogP contribution in [0.3, 0.4) is 0 Å². The number of ether oxygens (including phenoxy) is 2. The molecule has 0 saturated carbocycles. The quantitative estimate of drug-likeness (QED) is 0.812. The first-order valence-electron chi connectivity index (χ1n) is 7.82. The zero-order valence-corrected chi connectivity index (χ0v) is 13.3. The lowest BCUT2D eigenvalue weighted by molar-refractivity contribution is -0.141. The maximum Gasteiger partial charge on any atom is 0.410 e. The van der Waals surface area contributed by atoms with Crippen LogP contribution in [0.25, 0.3) is 0 Å². The number of aliphatic hydroxyl groups is 1.